The van der Waals surface area contributed by atoms with Crippen molar-refractivity contribution in [2.45, 2.75) is 6.61 Å². The van der Waals surface area contributed by atoms with Crippen LogP contribution >= 0.6 is 0 Å². The summed E-state index contributed by atoms with van der Waals surface area (Å²) in [5.41, 5.74) is -0.0906. The van der Waals surface area contributed by atoms with Crippen molar-refractivity contribution in [2.75, 3.05) is 0 Å². The van der Waals surface area contributed by atoms with Gasteiger partial charge >= 0.3 is 58.4 Å². The fraction of sp³-hybridized carbons (Fsp3) is 0.0909. The quantitative estimate of drug-likeness (QED) is 0.717. The van der Waals surface area contributed by atoms with Crippen molar-refractivity contribution in [3.05, 3.63) is 42.0 Å². The molecule has 2 aromatic carbocycles. The Balaban J connectivity index is 0.00000144. The molecule has 0 radical (unpaired) electrons. The van der Waals surface area contributed by atoms with E-state index in [1.54, 1.807) is 12.1 Å². The van der Waals surface area contributed by atoms with Crippen molar-refractivity contribution >= 4 is 23.2 Å². The first-order valence-corrected chi connectivity index (χ1v) is 4.85. The van der Waals surface area contributed by atoms with Gasteiger partial charge in [0.25, 0.3) is 0 Å². The number of hydrogen-bond acceptors (Lipinski definition) is 1. The van der Waals surface area contributed by atoms with Crippen molar-refractivity contribution in [3.8, 4) is 0 Å². The van der Waals surface area contributed by atoms with E-state index < -0.39 is 12.4 Å². The fourth-order valence-electron chi connectivity index (χ4n) is 1.82. The minimum atomic E-state index is -5.02. The molecule has 17 heavy (non-hydrogen) atoms. The zero-order chi connectivity index (χ0) is 11.8. The molecule has 0 saturated carbocycles. The molecule has 0 fully saturated rings. The summed E-state index contributed by atoms with van der Waals surface area (Å²) >= 11 is 0. The number of benzene rings is 2. The van der Waals surface area contributed by atoms with Gasteiger partial charge in [-0.1, -0.05) is 36.4 Å². The summed E-state index contributed by atoms with van der Waals surface area (Å²) in [5.74, 6) is 0. The smallest absolute Gasteiger partial charge is 0.445 e. The molecule has 2 rings (SSSR count). The molecule has 0 aromatic heterocycles. The third kappa shape index (κ3) is 3.13. The second-order valence-electron chi connectivity index (χ2n) is 3.59. The van der Waals surface area contributed by atoms with Crippen LogP contribution in [0.25, 0.3) is 10.8 Å². The summed E-state index contributed by atoms with van der Waals surface area (Å²) in [7, 11) is 0. The molecule has 6 heteroatoms. The van der Waals surface area contributed by atoms with Crippen LogP contribution in [0.3, 0.4) is 0 Å². The van der Waals surface area contributed by atoms with Crippen molar-refractivity contribution < 1.29 is 69.4 Å². The van der Waals surface area contributed by atoms with Crippen LogP contribution in [0.15, 0.2) is 36.4 Å². The van der Waals surface area contributed by atoms with Gasteiger partial charge < -0.3 is 18.1 Å². The molecule has 0 saturated heterocycles. The van der Waals surface area contributed by atoms with Crippen LogP contribution in [-0.4, -0.2) is 12.1 Å². The fourth-order valence-corrected chi connectivity index (χ4v) is 1.82. The monoisotopic (exact) mass is 264 g/mol. The van der Waals surface area contributed by atoms with Gasteiger partial charge in [-0.3, -0.25) is 0 Å². The average Bonchev–Trinajstić information content (AvgIpc) is 2.26. The summed E-state index contributed by atoms with van der Waals surface area (Å²) < 4.78 is 38.3. The predicted molar refractivity (Wildman–Crippen MR) is 58.6 cm³/mol. The van der Waals surface area contributed by atoms with Gasteiger partial charge in [-0.05, 0) is 16.3 Å². The van der Waals surface area contributed by atoms with Gasteiger partial charge in [0.15, 0.2) is 0 Å². The van der Waals surface area contributed by atoms with Crippen LogP contribution < -0.4 is 56.8 Å². The van der Waals surface area contributed by atoms with Gasteiger partial charge in [-0.15, -0.1) is 5.46 Å². The van der Waals surface area contributed by atoms with E-state index in [0.29, 0.717) is 10.9 Å². The molecule has 0 aliphatic heterocycles. The number of aliphatic hydroxyl groups is 1. The molecule has 0 unspecified atom stereocenters. The van der Waals surface area contributed by atoms with Gasteiger partial charge in [0.1, 0.15) is 0 Å². The summed E-state index contributed by atoms with van der Waals surface area (Å²) in [4.78, 5) is 0. The minimum Gasteiger partial charge on any atom is -0.445 e. The van der Waals surface area contributed by atoms with Crippen LogP contribution in [0.5, 0.6) is 0 Å². The zero-order valence-electron chi connectivity index (χ0n) is 9.33. The molecule has 0 aliphatic rings. The molecule has 0 spiro atoms. The molecule has 84 valence electrons. The van der Waals surface area contributed by atoms with E-state index in [1.807, 2.05) is 0 Å². The van der Waals surface area contributed by atoms with Crippen LogP contribution in [0.2, 0.25) is 0 Å². The van der Waals surface area contributed by atoms with Gasteiger partial charge in [-0.25, -0.2) is 0 Å². The SMILES string of the molecule is OCc1cccc2c([B-](F)(F)F)cccc12.[K+]. The topological polar surface area (TPSA) is 20.2 Å². The Morgan fingerprint density at radius 1 is 0.941 bits per heavy atom. The molecule has 1 nitrogen and oxygen atoms in total. The number of rotatable bonds is 2. The molecule has 0 bridgehead atoms. The Morgan fingerprint density at radius 3 is 2.12 bits per heavy atom. The molecule has 0 amide bonds. The Kier molecular flexibility index (Phi) is 5.24. The van der Waals surface area contributed by atoms with E-state index in [4.69, 9.17) is 5.11 Å². The normalized spacial score (nSPS) is 11.3. The third-order valence-corrected chi connectivity index (χ3v) is 2.57. The molecule has 2 aromatic rings. The second kappa shape index (κ2) is 5.86. The third-order valence-electron chi connectivity index (χ3n) is 2.57. The van der Waals surface area contributed by atoms with Crippen molar-refractivity contribution in [2.24, 2.45) is 0 Å². The first kappa shape index (κ1) is 15.2. The van der Waals surface area contributed by atoms with Crippen LogP contribution in [-0.2, 0) is 6.61 Å². The maximum absolute atomic E-state index is 12.8. The van der Waals surface area contributed by atoms with E-state index in [9.17, 15) is 12.9 Å². The average molecular weight is 264 g/mol. The van der Waals surface area contributed by atoms with Crippen molar-refractivity contribution in [3.63, 3.8) is 0 Å². The summed E-state index contributed by atoms with van der Waals surface area (Å²) in [5, 5.41) is 9.67. The summed E-state index contributed by atoms with van der Waals surface area (Å²) in [6.45, 7) is -5.28. The van der Waals surface area contributed by atoms with Gasteiger partial charge in [0.2, 0.25) is 0 Å². The molecule has 0 heterocycles. The van der Waals surface area contributed by atoms with E-state index in [1.165, 1.54) is 18.2 Å². The van der Waals surface area contributed by atoms with Gasteiger partial charge in [0.05, 0.1) is 6.61 Å². The summed E-state index contributed by atoms with van der Waals surface area (Å²) in [6, 6.07) is 8.61. The first-order chi connectivity index (χ1) is 7.54. The van der Waals surface area contributed by atoms with Crippen LogP contribution in [0, 0.1) is 0 Å². The molecule has 1 N–H and O–H groups in total. The van der Waals surface area contributed by atoms with E-state index in [0.717, 1.165) is 6.07 Å². The van der Waals surface area contributed by atoms with Crippen LogP contribution in [0.4, 0.5) is 12.9 Å². The zero-order valence-corrected chi connectivity index (χ0v) is 12.5. The van der Waals surface area contributed by atoms with Crippen molar-refractivity contribution in [1.82, 2.24) is 0 Å². The van der Waals surface area contributed by atoms with Crippen LogP contribution in [0.1, 0.15) is 5.56 Å². The minimum absolute atomic E-state index is 0. The maximum atomic E-state index is 12.8. The number of halogens is 3. The number of hydrogen-bond donors (Lipinski definition) is 1. The van der Waals surface area contributed by atoms with Gasteiger partial charge in [0, 0.05) is 0 Å². The summed E-state index contributed by atoms with van der Waals surface area (Å²) in [6.07, 6.45) is 0. The maximum Gasteiger partial charge on any atom is 1.00 e. The molecular formula is C11H9BF3KO. The van der Waals surface area contributed by atoms with Gasteiger partial charge in [-0.2, -0.15) is 0 Å². The Bertz CT molecular complexity index is 528. The number of fused-ring (bicyclic) bond motifs is 1. The van der Waals surface area contributed by atoms with E-state index in [-0.39, 0.29) is 63.4 Å². The largest absolute Gasteiger partial charge is 1.00 e. The Hall–Kier alpha value is 0.151. The Morgan fingerprint density at radius 2 is 1.53 bits per heavy atom. The first-order valence-electron chi connectivity index (χ1n) is 4.85. The Labute approximate surface area is 139 Å². The predicted octanol–water partition coefficient (Wildman–Crippen LogP) is -0.610. The standard InChI is InChI=1S/C11H9BF3O.K/c13-12(14,15)11-6-2-4-9-8(7-16)3-1-5-10(9)11;/h1-6,16H,7H2;/q-1;+1. The van der Waals surface area contributed by atoms with E-state index in [2.05, 4.69) is 0 Å². The van der Waals surface area contributed by atoms with E-state index >= 15 is 0 Å². The molecule has 0 aliphatic carbocycles. The molecule has 0 atom stereocenters. The second-order valence-corrected chi connectivity index (χ2v) is 3.59. The van der Waals surface area contributed by atoms with Crippen molar-refractivity contribution in [1.29, 1.82) is 0 Å². The number of aliphatic hydroxyl groups excluding tert-OH is 1. The molecular weight excluding hydrogens is 255 g/mol.